The molecule has 6 nitrogen and oxygen atoms in total. The van der Waals surface area contributed by atoms with Crippen LogP contribution in [0.2, 0.25) is 10.0 Å². The molecule has 2 N–H and O–H groups in total. The topological polar surface area (TPSA) is 92.4 Å². The summed E-state index contributed by atoms with van der Waals surface area (Å²) >= 11 is 11.7. The molecule has 20 heavy (non-hydrogen) atoms. The lowest BCUT2D eigenvalue weighted by atomic mass is 10.2. The van der Waals surface area contributed by atoms with Crippen LogP contribution in [0.15, 0.2) is 28.9 Å². The molecule has 0 saturated heterocycles. The van der Waals surface area contributed by atoms with Crippen molar-refractivity contribution in [3.05, 3.63) is 40.2 Å². The van der Waals surface area contributed by atoms with Gasteiger partial charge in [0.05, 0.1) is 10.0 Å². The molecule has 2 rings (SSSR count). The van der Waals surface area contributed by atoms with E-state index in [0.717, 1.165) is 6.26 Å². The van der Waals surface area contributed by atoms with Crippen molar-refractivity contribution in [2.75, 3.05) is 6.54 Å². The number of hydrogen-bond acceptors (Lipinski definition) is 4. The lowest BCUT2D eigenvalue weighted by molar-refractivity contribution is -0.135. The summed E-state index contributed by atoms with van der Waals surface area (Å²) in [7, 11) is 0. The molecule has 1 aromatic carbocycles. The van der Waals surface area contributed by atoms with Gasteiger partial charge in [-0.3, -0.25) is 9.59 Å². The summed E-state index contributed by atoms with van der Waals surface area (Å²) in [5.74, 6) is -1.60. The lowest BCUT2D eigenvalue weighted by Gasteiger charge is -1.98. The number of nitrogens with one attached hydrogen (secondary N) is 1. The second-order valence-electron chi connectivity index (χ2n) is 3.74. The number of halogens is 2. The highest BCUT2D eigenvalue weighted by molar-refractivity contribution is 6.42. The van der Waals surface area contributed by atoms with Crippen molar-refractivity contribution in [3.8, 4) is 11.5 Å². The van der Waals surface area contributed by atoms with Crippen molar-refractivity contribution in [1.82, 2.24) is 10.3 Å². The number of amides is 1. The number of rotatable bonds is 4. The predicted octanol–water partition coefficient (Wildman–Crippen LogP) is 2.46. The van der Waals surface area contributed by atoms with E-state index in [1.165, 1.54) is 0 Å². The van der Waals surface area contributed by atoms with Crippen LogP contribution < -0.4 is 5.32 Å². The molecule has 0 saturated carbocycles. The van der Waals surface area contributed by atoms with Gasteiger partial charge >= 0.3 is 5.97 Å². The normalized spacial score (nSPS) is 10.3. The van der Waals surface area contributed by atoms with Crippen molar-refractivity contribution in [3.63, 3.8) is 0 Å². The number of nitrogens with zero attached hydrogens (tertiary/aromatic N) is 1. The zero-order valence-corrected chi connectivity index (χ0v) is 11.4. The van der Waals surface area contributed by atoms with Crippen LogP contribution in [-0.4, -0.2) is 28.5 Å². The van der Waals surface area contributed by atoms with Gasteiger partial charge in [0.2, 0.25) is 5.89 Å². The SMILES string of the molecule is O=C(O)CNC(=O)c1coc(-c2ccc(Cl)c(Cl)c2)n1. The maximum Gasteiger partial charge on any atom is 0.322 e. The molecule has 0 bridgehead atoms. The quantitative estimate of drug-likeness (QED) is 0.904. The number of carboxylic acid groups (broad SMARTS) is 1. The van der Waals surface area contributed by atoms with Crippen LogP contribution in [0.5, 0.6) is 0 Å². The molecule has 0 unspecified atom stereocenters. The highest BCUT2D eigenvalue weighted by Gasteiger charge is 2.14. The third-order valence-corrected chi connectivity index (χ3v) is 3.04. The van der Waals surface area contributed by atoms with Crippen LogP contribution in [0, 0.1) is 0 Å². The summed E-state index contributed by atoms with van der Waals surface area (Å²) in [6.45, 7) is -0.492. The van der Waals surface area contributed by atoms with E-state index in [4.69, 9.17) is 32.7 Å². The molecule has 0 spiro atoms. The Morgan fingerprint density at radius 3 is 2.70 bits per heavy atom. The minimum absolute atomic E-state index is 0.0210. The van der Waals surface area contributed by atoms with Gasteiger partial charge in [-0.1, -0.05) is 23.2 Å². The Balaban J connectivity index is 2.17. The van der Waals surface area contributed by atoms with Crippen LogP contribution in [0.25, 0.3) is 11.5 Å². The molecule has 0 radical (unpaired) electrons. The minimum atomic E-state index is -1.15. The average molecular weight is 315 g/mol. The zero-order chi connectivity index (χ0) is 14.7. The molecular formula is C12H8Cl2N2O4. The van der Waals surface area contributed by atoms with Gasteiger partial charge in [-0.25, -0.2) is 4.98 Å². The van der Waals surface area contributed by atoms with E-state index >= 15 is 0 Å². The molecule has 0 aliphatic carbocycles. The molecule has 0 aliphatic heterocycles. The van der Waals surface area contributed by atoms with Gasteiger partial charge in [-0.2, -0.15) is 0 Å². The van der Waals surface area contributed by atoms with Crippen LogP contribution in [-0.2, 0) is 4.79 Å². The number of carboxylic acids is 1. The number of carbonyl (C=O) groups is 2. The van der Waals surface area contributed by atoms with Crippen molar-refractivity contribution in [1.29, 1.82) is 0 Å². The van der Waals surface area contributed by atoms with Gasteiger partial charge in [0.25, 0.3) is 5.91 Å². The Labute approximate surface area is 123 Å². The number of aliphatic carboxylic acids is 1. The number of oxazole rings is 1. The van der Waals surface area contributed by atoms with Crippen LogP contribution in [0.4, 0.5) is 0 Å². The van der Waals surface area contributed by atoms with E-state index in [0.29, 0.717) is 15.6 Å². The first-order chi connectivity index (χ1) is 9.47. The molecule has 1 heterocycles. The third-order valence-electron chi connectivity index (χ3n) is 2.30. The Hall–Kier alpha value is -2.05. The van der Waals surface area contributed by atoms with Gasteiger partial charge in [0.1, 0.15) is 12.8 Å². The molecule has 8 heteroatoms. The monoisotopic (exact) mass is 314 g/mol. The van der Waals surface area contributed by atoms with E-state index in [1.807, 2.05) is 0 Å². The summed E-state index contributed by atoms with van der Waals surface area (Å²) < 4.78 is 5.15. The van der Waals surface area contributed by atoms with Crippen LogP contribution >= 0.6 is 23.2 Å². The van der Waals surface area contributed by atoms with Crippen molar-refractivity contribution >= 4 is 35.1 Å². The Morgan fingerprint density at radius 1 is 1.30 bits per heavy atom. The van der Waals surface area contributed by atoms with E-state index in [2.05, 4.69) is 10.3 Å². The Kier molecular flexibility index (Phi) is 4.26. The van der Waals surface area contributed by atoms with E-state index in [1.54, 1.807) is 18.2 Å². The summed E-state index contributed by atoms with van der Waals surface area (Å²) in [5, 5.41) is 11.4. The minimum Gasteiger partial charge on any atom is -0.480 e. The smallest absolute Gasteiger partial charge is 0.322 e. The summed E-state index contributed by atoms with van der Waals surface area (Å²) in [5.41, 5.74) is 0.531. The standard InChI is InChI=1S/C12H8Cl2N2O4/c13-7-2-1-6(3-8(7)14)12-16-9(5-20-12)11(19)15-4-10(17)18/h1-3,5H,4H2,(H,15,19)(H,17,18). The molecule has 1 amide bonds. The first-order valence-electron chi connectivity index (χ1n) is 5.38. The fraction of sp³-hybridized carbons (Fsp3) is 0.0833. The Bertz CT molecular complexity index is 669. The van der Waals surface area contributed by atoms with Crippen molar-refractivity contribution in [2.45, 2.75) is 0 Å². The van der Waals surface area contributed by atoms with E-state index in [9.17, 15) is 9.59 Å². The van der Waals surface area contributed by atoms with Gasteiger partial charge < -0.3 is 14.8 Å². The summed E-state index contributed by atoms with van der Waals surface area (Å²) in [6, 6.07) is 4.77. The van der Waals surface area contributed by atoms with E-state index in [-0.39, 0.29) is 11.6 Å². The maximum absolute atomic E-state index is 11.6. The molecule has 0 fully saturated rings. The second-order valence-corrected chi connectivity index (χ2v) is 4.56. The number of hydrogen-bond donors (Lipinski definition) is 2. The number of benzene rings is 1. The molecule has 2 aromatic rings. The molecular weight excluding hydrogens is 307 g/mol. The maximum atomic E-state index is 11.6. The van der Waals surface area contributed by atoms with Crippen molar-refractivity contribution in [2.24, 2.45) is 0 Å². The summed E-state index contributed by atoms with van der Waals surface area (Å²) in [6.07, 6.45) is 1.13. The zero-order valence-electron chi connectivity index (χ0n) is 9.89. The van der Waals surface area contributed by atoms with Crippen molar-refractivity contribution < 1.29 is 19.1 Å². The van der Waals surface area contributed by atoms with Gasteiger partial charge in [0.15, 0.2) is 5.69 Å². The largest absolute Gasteiger partial charge is 0.480 e. The van der Waals surface area contributed by atoms with E-state index < -0.39 is 18.4 Å². The van der Waals surface area contributed by atoms with Crippen LogP contribution in [0.3, 0.4) is 0 Å². The second kappa shape index (κ2) is 5.94. The fourth-order valence-electron chi connectivity index (χ4n) is 1.39. The average Bonchev–Trinajstić information content (AvgIpc) is 2.89. The highest BCUT2D eigenvalue weighted by atomic mass is 35.5. The first kappa shape index (κ1) is 14.4. The van der Waals surface area contributed by atoms with Gasteiger partial charge in [0, 0.05) is 5.56 Å². The molecule has 0 atom stereocenters. The highest BCUT2D eigenvalue weighted by Crippen LogP contribution is 2.28. The summed E-state index contributed by atoms with van der Waals surface area (Å²) in [4.78, 5) is 25.9. The molecule has 0 aliphatic rings. The molecule has 1 aromatic heterocycles. The predicted molar refractivity (Wildman–Crippen MR) is 71.9 cm³/mol. The third kappa shape index (κ3) is 3.28. The first-order valence-corrected chi connectivity index (χ1v) is 6.14. The fourth-order valence-corrected chi connectivity index (χ4v) is 1.68. The number of carbonyl (C=O) groups excluding carboxylic acids is 1. The molecule has 104 valence electrons. The lowest BCUT2D eigenvalue weighted by Crippen LogP contribution is -2.29. The number of aromatic nitrogens is 1. The van der Waals surface area contributed by atoms with Gasteiger partial charge in [-0.05, 0) is 18.2 Å². The van der Waals surface area contributed by atoms with Crippen LogP contribution in [0.1, 0.15) is 10.5 Å². The Morgan fingerprint density at radius 2 is 2.05 bits per heavy atom. The van der Waals surface area contributed by atoms with Gasteiger partial charge in [-0.15, -0.1) is 0 Å².